The number of aliphatic hydroxyl groups is 1. The highest BCUT2D eigenvalue weighted by atomic mass is 32.1. The van der Waals surface area contributed by atoms with Crippen LogP contribution in [0.1, 0.15) is 29.3 Å². The van der Waals surface area contributed by atoms with E-state index in [1.165, 1.54) is 23.3 Å². The standard InChI is InChI=1S/C15H20N4O2S/c20-6-5-16-15(21)10-19-9-11(8-17-19)18-13-2-1-3-14-12(13)4-7-22-14/h4,7-9,13,18,20H,1-3,5-6,10H2,(H,16,21). The Kier molecular flexibility index (Phi) is 4.74. The molecular weight excluding hydrogens is 300 g/mol. The van der Waals surface area contributed by atoms with Crippen LogP contribution < -0.4 is 10.6 Å². The normalized spacial score (nSPS) is 17.0. The molecule has 3 rings (SSSR count). The van der Waals surface area contributed by atoms with Gasteiger partial charge in [-0.15, -0.1) is 11.3 Å². The third-order valence-electron chi connectivity index (χ3n) is 3.77. The minimum atomic E-state index is -0.151. The summed E-state index contributed by atoms with van der Waals surface area (Å²) in [5.41, 5.74) is 2.32. The van der Waals surface area contributed by atoms with Gasteiger partial charge in [-0.2, -0.15) is 5.10 Å². The number of nitrogens with zero attached hydrogens (tertiary/aromatic N) is 2. The smallest absolute Gasteiger partial charge is 0.241 e. The zero-order chi connectivity index (χ0) is 15.4. The fraction of sp³-hybridized carbons (Fsp3) is 0.467. The van der Waals surface area contributed by atoms with Crippen molar-refractivity contribution < 1.29 is 9.90 Å². The van der Waals surface area contributed by atoms with Gasteiger partial charge in [0.25, 0.3) is 0 Å². The van der Waals surface area contributed by atoms with Gasteiger partial charge in [0.15, 0.2) is 0 Å². The number of hydrogen-bond donors (Lipinski definition) is 3. The Morgan fingerprint density at radius 1 is 1.55 bits per heavy atom. The van der Waals surface area contributed by atoms with Crippen molar-refractivity contribution in [2.24, 2.45) is 0 Å². The van der Waals surface area contributed by atoms with Gasteiger partial charge in [0.05, 0.1) is 24.5 Å². The Morgan fingerprint density at radius 3 is 3.32 bits per heavy atom. The number of aromatic nitrogens is 2. The Morgan fingerprint density at radius 2 is 2.45 bits per heavy atom. The molecular formula is C15H20N4O2S. The van der Waals surface area contributed by atoms with Gasteiger partial charge in [0.1, 0.15) is 6.54 Å². The van der Waals surface area contributed by atoms with Crippen LogP contribution in [0.15, 0.2) is 23.8 Å². The zero-order valence-corrected chi connectivity index (χ0v) is 13.1. The highest BCUT2D eigenvalue weighted by Crippen LogP contribution is 2.35. The molecule has 2 aromatic heterocycles. The van der Waals surface area contributed by atoms with Crippen molar-refractivity contribution in [1.82, 2.24) is 15.1 Å². The summed E-state index contributed by atoms with van der Waals surface area (Å²) in [6.07, 6.45) is 7.09. The number of carbonyl (C=O) groups excluding carboxylic acids is 1. The number of nitrogens with one attached hydrogen (secondary N) is 2. The minimum absolute atomic E-state index is 0.0533. The van der Waals surface area contributed by atoms with E-state index in [2.05, 4.69) is 27.2 Å². The lowest BCUT2D eigenvalue weighted by Crippen LogP contribution is -2.30. The maximum Gasteiger partial charge on any atom is 0.241 e. The Balaban J connectivity index is 1.60. The molecule has 22 heavy (non-hydrogen) atoms. The molecule has 2 aromatic rings. The lowest BCUT2D eigenvalue weighted by Gasteiger charge is -2.23. The molecule has 1 atom stereocenters. The van der Waals surface area contributed by atoms with E-state index in [0.717, 1.165) is 12.1 Å². The van der Waals surface area contributed by atoms with Crippen LogP contribution in [-0.2, 0) is 17.8 Å². The Labute approximate surface area is 133 Å². The van der Waals surface area contributed by atoms with E-state index in [1.807, 2.05) is 17.5 Å². The molecule has 2 heterocycles. The summed E-state index contributed by atoms with van der Waals surface area (Å²) in [4.78, 5) is 13.1. The van der Waals surface area contributed by atoms with Crippen molar-refractivity contribution in [1.29, 1.82) is 0 Å². The van der Waals surface area contributed by atoms with Gasteiger partial charge in [0, 0.05) is 17.6 Å². The number of thiophene rings is 1. The number of rotatable bonds is 6. The third kappa shape index (κ3) is 3.48. The van der Waals surface area contributed by atoms with Crippen LogP contribution in [0.4, 0.5) is 5.69 Å². The molecule has 1 aliphatic carbocycles. The monoisotopic (exact) mass is 320 g/mol. The van der Waals surface area contributed by atoms with Gasteiger partial charge in [-0.05, 0) is 36.3 Å². The van der Waals surface area contributed by atoms with E-state index in [9.17, 15) is 4.79 Å². The fourth-order valence-corrected chi connectivity index (χ4v) is 3.75. The number of anilines is 1. The van der Waals surface area contributed by atoms with E-state index in [0.29, 0.717) is 6.04 Å². The highest BCUT2D eigenvalue weighted by Gasteiger charge is 2.21. The van der Waals surface area contributed by atoms with Gasteiger partial charge < -0.3 is 15.7 Å². The second-order valence-corrected chi connectivity index (χ2v) is 6.39. The SMILES string of the molecule is O=C(Cn1cc(NC2CCCc3sccc32)cn1)NCCO. The van der Waals surface area contributed by atoms with E-state index < -0.39 is 0 Å². The quantitative estimate of drug-likeness (QED) is 0.754. The largest absolute Gasteiger partial charge is 0.395 e. The highest BCUT2D eigenvalue weighted by molar-refractivity contribution is 7.10. The molecule has 0 radical (unpaired) electrons. The van der Waals surface area contributed by atoms with Crippen LogP contribution in [-0.4, -0.2) is 33.9 Å². The molecule has 0 saturated carbocycles. The van der Waals surface area contributed by atoms with E-state index in [-0.39, 0.29) is 25.6 Å². The average Bonchev–Trinajstić information content (AvgIpc) is 3.15. The van der Waals surface area contributed by atoms with Crippen LogP contribution in [0, 0.1) is 0 Å². The van der Waals surface area contributed by atoms with Gasteiger partial charge in [-0.1, -0.05) is 0 Å². The first-order valence-corrected chi connectivity index (χ1v) is 8.37. The first kappa shape index (κ1) is 15.1. The molecule has 3 N–H and O–H groups in total. The number of aliphatic hydroxyl groups excluding tert-OH is 1. The van der Waals surface area contributed by atoms with E-state index in [1.54, 1.807) is 10.9 Å². The van der Waals surface area contributed by atoms with E-state index in [4.69, 9.17) is 5.11 Å². The maximum atomic E-state index is 11.6. The number of fused-ring (bicyclic) bond motifs is 1. The molecule has 0 aromatic carbocycles. The van der Waals surface area contributed by atoms with Crippen LogP contribution in [0.2, 0.25) is 0 Å². The second kappa shape index (κ2) is 6.93. The molecule has 118 valence electrons. The van der Waals surface area contributed by atoms with Gasteiger partial charge in [0.2, 0.25) is 5.91 Å². The van der Waals surface area contributed by atoms with Crippen molar-refractivity contribution in [3.63, 3.8) is 0 Å². The minimum Gasteiger partial charge on any atom is -0.395 e. The van der Waals surface area contributed by atoms with Crippen LogP contribution in [0.25, 0.3) is 0 Å². The van der Waals surface area contributed by atoms with Crippen molar-refractivity contribution >= 4 is 22.9 Å². The molecule has 6 nitrogen and oxygen atoms in total. The van der Waals surface area contributed by atoms with Gasteiger partial charge >= 0.3 is 0 Å². The van der Waals surface area contributed by atoms with Gasteiger partial charge in [-0.25, -0.2) is 0 Å². The first-order valence-electron chi connectivity index (χ1n) is 7.49. The van der Waals surface area contributed by atoms with Crippen LogP contribution in [0.5, 0.6) is 0 Å². The summed E-state index contributed by atoms with van der Waals surface area (Å²) >= 11 is 1.83. The summed E-state index contributed by atoms with van der Waals surface area (Å²) in [6.45, 7) is 0.382. The molecule has 0 saturated heterocycles. The van der Waals surface area contributed by atoms with E-state index >= 15 is 0 Å². The molecule has 1 aliphatic rings. The Bertz CT molecular complexity index is 637. The van der Waals surface area contributed by atoms with Crippen molar-refractivity contribution in [2.45, 2.75) is 31.8 Å². The second-order valence-electron chi connectivity index (χ2n) is 5.39. The lowest BCUT2D eigenvalue weighted by atomic mass is 9.94. The summed E-state index contributed by atoms with van der Waals surface area (Å²) in [7, 11) is 0. The molecule has 7 heteroatoms. The molecule has 1 amide bonds. The number of aryl methyl sites for hydroxylation is 1. The zero-order valence-electron chi connectivity index (χ0n) is 12.3. The number of hydrogen-bond acceptors (Lipinski definition) is 5. The fourth-order valence-electron chi connectivity index (χ4n) is 2.76. The maximum absolute atomic E-state index is 11.6. The molecule has 0 fully saturated rings. The predicted molar refractivity (Wildman–Crippen MR) is 85.9 cm³/mol. The lowest BCUT2D eigenvalue weighted by molar-refractivity contribution is -0.122. The molecule has 0 spiro atoms. The Hall–Kier alpha value is -1.86. The third-order valence-corrected chi connectivity index (χ3v) is 4.76. The van der Waals surface area contributed by atoms with Crippen LogP contribution in [0.3, 0.4) is 0 Å². The summed E-state index contributed by atoms with van der Waals surface area (Å²) in [5.74, 6) is -0.151. The van der Waals surface area contributed by atoms with Crippen molar-refractivity contribution in [3.05, 3.63) is 34.3 Å². The number of amides is 1. The predicted octanol–water partition coefficient (Wildman–Crippen LogP) is 1.54. The van der Waals surface area contributed by atoms with Crippen LogP contribution >= 0.6 is 11.3 Å². The summed E-state index contributed by atoms with van der Waals surface area (Å²) in [5, 5.41) is 21.2. The summed E-state index contributed by atoms with van der Waals surface area (Å²) < 4.78 is 1.60. The number of carbonyl (C=O) groups is 1. The van der Waals surface area contributed by atoms with Crippen molar-refractivity contribution in [2.75, 3.05) is 18.5 Å². The molecule has 0 bridgehead atoms. The molecule has 1 unspecified atom stereocenters. The first-order chi connectivity index (χ1) is 10.8. The molecule has 0 aliphatic heterocycles. The topological polar surface area (TPSA) is 79.2 Å². The summed E-state index contributed by atoms with van der Waals surface area (Å²) in [6, 6.07) is 2.53. The average molecular weight is 320 g/mol. The van der Waals surface area contributed by atoms with Crippen molar-refractivity contribution in [3.8, 4) is 0 Å². The van der Waals surface area contributed by atoms with Gasteiger partial charge in [-0.3, -0.25) is 9.48 Å².